The smallest absolute Gasteiger partial charge is 0.0979 e. The van der Waals surface area contributed by atoms with Crippen molar-refractivity contribution in [2.24, 2.45) is 0 Å². The van der Waals surface area contributed by atoms with Gasteiger partial charge in [-0.05, 0) is 18.6 Å². The van der Waals surface area contributed by atoms with Crippen LogP contribution in [0.25, 0.3) is 0 Å². The van der Waals surface area contributed by atoms with Crippen LogP contribution in [0.2, 0.25) is 0 Å². The van der Waals surface area contributed by atoms with E-state index >= 15 is 0 Å². The Morgan fingerprint density at radius 3 is 2.62 bits per heavy atom. The number of nitrogens with one attached hydrogen (secondary N) is 1. The summed E-state index contributed by atoms with van der Waals surface area (Å²) in [6.07, 6.45) is 6.23. The highest BCUT2D eigenvalue weighted by Gasteiger charge is 1.92. The molecule has 0 saturated heterocycles. The second-order valence-electron chi connectivity index (χ2n) is 1.83. The fraction of sp³-hybridized carbons (Fsp3) is 0.400. The van der Waals surface area contributed by atoms with E-state index in [2.05, 4.69) is 22.7 Å². The van der Waals surface area contributed by atoms with Gasteiger partial charge in [-0.3, -0.25) is 5.10 Å². The fourth-order valence-electron chi connectivity index (χ4n) is 0.502. The van der Waals surface area contributed by atoms with Crippen LogP contribution in [0.5, 0.6) is 0 Å². The van der Waals surface area contributed by atoms with Gasteiger partial charge in [0.25, 0.3) is 0 Å². The van der Waals surface area contributed by atoms with Crippen LogP contribution in [0.1, 0.15) is 0 Å². The van der Waals surface area contributed by atoms with Crippen LogP contribution in [0.15, 0.2) is 17.3 Å². The third-order valence-corrected chi connectivity index (χ3v) is 2.11. The molecule has 8 heavy (non-hydrogen) atoms. The summed E-state index contributed by atoms with van der Waals surface area (Å²) in [5, 5.41) is 7.99. The Labute approximate surface area is 51.6 Å². The van der Waals surface area contributed by atoms with Gasteiger partial charge < -0.3 is 0 Å². The monoisotopic (exact) mass is 130 g/mol. The number of H-pyrrole nitrogens is 1. The number of hydrogen-bond donors (Lipinski definition) is 2. The SMILES string of the molecule is C[SH](C)c1cc[nH]n1. The number of aromatic nitrogens is 2. The van der Waals surface area contributed by atoms with E-state index in [1.54, 1.807) is 0 Å². The van der Waals surface area contributed by atoms with E-state index < -0.39 is 0 Å². The molecule has 0 amide bonds. The van der Waals surface area contributed by atoms with Gasteiger partial charge in [-0.25, -0.2) is 10.9 Å². The fourth-order valence-corrected chi connectivity index (χ4v) is 1.13. The summed E-state index contributed by atoms with van der Waals surface area (Å²) in [6.45, 7) is 0. The van der Waals surface area contributed by atoms with E-state index in [4.69, 9.17) is 0 Å². The van der Waals surface area contributed by atoms with Gasteiger partial charge in [0, 0.05) is 6.20 Å². The highest BCUT2D eigenvalue weighted by Crippen LogP contribution is 2.23. The molecule has 0 fully saturated rings. The third kappa shape index (κ3) is 1.04. The standard InChI is InChI=1S/C5H10N2S/c1-8(2)5-3-4-6-7-5/h3-4,8H,1-2H3,(H,6,7). The maximum Gasteiger partial charge on any atom is 0.0979 e. The van der Waals surface area contributed by atoms with Crippen molar-refractivity contribution in [2.45, 2.75) is 5.03 Å². The first-order valence-corrected chi connectivity index (χ1v) is 4.71. The first kappa shape index (κ1) is 5.69. The van der Waals surface area contributed by atoms with E-state index in [0.29, 0.717) is 0 Å². The molecule has 1 aromatic rings. The number of aromatic amines is 1. The summed E-state index contributed by atoms with van der Waals surface area (Å²) >= 11 is 0. The van der Waals surface area contributed by atoms with Crippen LogP contribution < -0.4 is 0 Å². The predicted molar refractivity (Wildman–Crippen MR) is 37.7 cm³/mol. The van der Waals surface area contributed by atoms with Crippen LogP contribution in [0, 0.1) is 0 Å². The zero-order chi connectivity index (χ0) is 5.98. The van der Waals surface area contributed by atoms with Gasteiger partial charge in [-0.15, -0.1) is 0 Å². The summed E-state index contributed by atoms with van der Waals surface area (Å²) in [7, 11) is -0.000900. The van der Waals surface area contributed by atoms with Crippen molar-refractivity contribution in [3.05, 3.63) is 12.3 Å². The van der Waals surface area contributed by atoms with Crippen molar-refractivity contribution in [1.29, 1.82) is 0 Å². The minimum Gasteiger partial charge on any atom is -0.285 e. The second-order valence-corrected chi connectivity index (χ2v) is 4.07. The molecule has 3 heteroatoms. The van der Waals surface area contributed by atoms with Gasteiger partial charge in [0.15, 0.2) is 0 Å². The molecule has 0 spiro atoms. The Balaban J connectivity index is 2.77. The Kier molecular flexibility index (Phi) is 1.58. The van der Waals surface area contributed by atoms with Crippen LogP contribution in [0.4, 0.5) is 0 Å². The lowest BCUT2D eigenvalue weighted by molar-refractivity contribution is 1.00. The molecule has 0 unspecified atom stereocenters. The predicted octanol–water partition coefficient (Wildman–Crippen LogP) is 1.03. The highest BCUT2D eigenvalue weighted by atomic mass is 32.2. The maximum absolute atomic E-state index is 4.02. The molecule has 0 aliphatic heterocycles. The zero-order valence-electron chi connectivity index (χ0n) is 5.05. The molecule has 0 atom stereocenters. The van der Waals surface area contributed by atoms with E-state index in [0.717, 1.165) is 0 Å². The molecule has 0 aliphatic rings. The summed E-state index contributed by atoms with van der Waals surface area (Å²) in [5.74, 6) is 0. The molecule has 1 heterocycles. The van der Waals surface area contributed by atoms with Crippen LogP contribution in [0.3, 0.4) is 0 Å². The Morgan fingerprint density at radius 2 is 2.38 bits per heavy atom. The number of nitrogens with zero attached hydrogens (tertiary/aromatic N) is 1. The van der Waals surface area contributed by atoms with Crippen molar-refractivity contribution >= 4 is 10.9 Å². The Morgan fingerprint density at radius 1 is 1.62 bits per heavy atom. The van der Waals surface area contributed by atoms with Gasteiger partial charge >= 0.3 is 0 Å². The molecule has 0 radical (unpaired) electrons. The van der Waals surface area contributed by atoms with E-state index in [9.17, 15) is 0 Å². The quantitative estimate of drug-likeness (QED) is 0.546. The first-order chi connectivity index (χ1) is 3.80. The minimum absolute atomic E-state index is 0.000900. The molecular weight excluding hydrogens is 120 g/mol. The molecule has 46 valence electrons. The maximum atomic E-state index is 4.02. The molecule has 1 N–H and O–H groups in total. The summed E-state index contributed by atoms with van der Waals surface area (Å²) in [5.41, 5.74) is 0. The van der Waals surface area contributed by atoms with Crippen molar-refractivity contribution in [3.63, 3.8) is 0 Å². The van der Waals surface area contributed by atoms with Gasteiger partial charge in [0.2, 0.25) is 0 Å². The van der Waals surface area contributed by atoms with Crippen LogP contribution >= 0.6 is 10.9 Å². The van der Waals surface area contributed by atoms with E-state index in [1.807, 2.05) is 12.3 Å². The summed E-state index contributed by atoms with van der Waals surface area (Å²) in [4.78, 5) is 0. The highest BCUT2D eigenvalue weighted by molar-refractivity contribution is 8.15. The lowest BCUT2D eigenvalue weighted by Gasteiger charge is -2.00. The minimum atomic E-state index is -0.000900. The molecule has 0 bridgehead atoms. The Hall–Kier alpha value is -0.440. The van der Waals surface area contributed by atoms with Gasteiger partial charge in [0.1, 0.15) is 0 Å². The summed E-state index contributed by atoms with van der Waals surface area (Å²) < 4.78 is 0. The number of thiol groups is 1. The third-order valence-electron chi connectivity index (χ3n) is 0.944. The normalized spacial score (nSPS) is 11.5. The average molecular weight is 130 g/mol. The molecular formula is C5H10N2S. The molecule has 0 aliphatic carbocycles. The molecule has 1 rings (SSSR count). The number of hydrogen-bond acceptors (Lipinski definition) is 1. The lowest BCUT2D eigenvalue weighted by Crippen LogP contribution is -1.75. The van der Waals surface area contributed by atoms with Crippen LogP contribution in [-0.4, -0.2) is 22.7 Å². The van der Waals surface area contributed by atoms with Gasteiger partial charge in [-0.1, -0.05) is 0 Å². The van der Waals surface area contributed by atoms with Gasteiger partial charge in [0.05, 0.1) is 5.03 Å². The van der Waals surface area contributed by atoms with Crippen LogP contribution in [-0.2, 0) is 0 Å². The lowest BCUT2D eigenvalue weighted by atomic mass is 10.8. The molecule has 2 nitrogen and oxygen atoms in total. The zero-order valence-corrected chi connectivity index (χ0v) is 5.94. The van der Waals surface area contributed by atoms with E-state index in [-0.39, 0.29) is 10.9 Å². The average Bonchev–Trinajstić information content (AvgIpc) is 2.12. The first-order valence-electron chi connectivity index (χ1n) is 2.48. The summed E-state index contributed by atoms with van der Waals surface area (Å²) in [6, 6.07) is 2.02. The topological polar surface area (TPSA) is 28.7 Å². The second kappa shape index (κ2) is 2.22. The number of rotatable bonds is 1. The van der Waals surface area contributed by atoms with Crippen molar-refractivity contribution in [2.75, 3.05) is 12.5 Å². The largest absolute Gasteiger partial charge is 0.285 e. The van der Waals surface area contributed by atoms with Crippen molar-refractivity contribution in [1.82, 2.24) is 10.2 Å². The van der Waals surface area contributed by atoms with Crippen molar-refractivity contribution in [3.8, 4) is 0 Å². The molecule has 0 saturated carbocycles. The molecule has 1 aromatic heterocycles. The van der Waals surface area contributed by atoms with Gasteiger partial charge in [-0.2, -0.15) is 5.10 Å². The van der Waals surface area contributed by atoms with Crippen molar-refractivity contribution < 1.29 is 0 Å². The molecule has 0 aromatic carbocycles. The Bertz CT molecular complexity index is 145. The van der Waals surface area contributed by atoms with E-state index in [1.165, 1.54) is 5.03 Å².